The van der Waals surface area contributed by atoms with Crippen LogP contribution in [0.3, 0.4) is 0 Å². The molecule has 1 saturated heterocycles. The summed E-state index contributed by atoms with van der Waals surface area (Å²) in [6, 6.07) is 8.82. The highest BCUT2D eigenvalue weighted by molar-refractivity contribution is 5.98. The summed E-state index contributed by atoms with van der Waals surface area (Å²) in [5.41, 5.74) is 3.32. The van der Waals surface area contributed by atoms with Gasteiger partial charge >= 0.3 is 0 Å². The minimum atomic E-state index is -0.175. The molecule has 2 heterocycles. The van der Waals surface area contributed by atoms with Gasteiger partial charge in [-0.25, -0.2) is 4.39 Å². The zero-order chi connectivity index (χ0) is 18.6. The van der Waals surface area contributed by atoms with Gasteiger partial charge in [0.2, 0.25) is 0 Å². The molecule has 0 atom stereocenters. The molecule has 0 amide bonds. The number of anilines is 1. The van der Waals surface area contributed by atoms with Gasteiger partial charge in [-0.2, -0.15) is 0 Å². The topological polar surface area (TPSA) is 28.5 Å². The summed E-state index contributed by atoms with van der Waals surface area (Å²) in [6.07, 6.45) is 7.16. The quantitative estimate of drug-likeness (QED) is 0.726. The van der Waals surface area contributed by atoms with E-state index in [1.807, 2.05) is 18.2 Å². The van der Waals surface area contributed by atoms with Crippen molar-refractivity contribution < 1.29 is 9.18 Å². The number of aryl methyl sites for hydroxylation is 1. The summed E-state index contributed by atoms with van der Waals surface area (Å²) in [5.74, 6) is 0.139. The summed E-state index contributed by atoms with van der Waals surface area (Å²) in [5, 5.41) is 0. The van der Waals surface area contributed by atoms with Crippen molar-refractivity contribution in [2.24, 2.45) is 0 Å². The number of ketones is 1. The largest absolute Gasteiger partial charge is 0.369 e. The maximum absolute atomic E-state index is 13.1. The first-order chi connectivity index (χ1) is 13.2. The molecule has 144 valence electrons. The van der Waals surface area contributed by atoms with Gasteiger partial charge in [0.15, 0.2) is 5.78 Å². The number of carbonyl (C=O) groups excluding carboxylic acids is 1. The van der Waals surface area contributed by atoms with E-state index in [1.54, 1.807) is 0 Å². The SMILES string of the molecule is O=C1CCCc2c1ccn2CCCCN1CCN(c2ccc(F)cc2)CC1. The molecule has 4 rings (SSSR count). The van der Waals surface area contributed by atoms with E-state index < -0.39 is 0 Å². The molecule has 5 heteroatoms. The summed E-state index contributed by atoms with van der Waals surface area (Å²) in [4.78, 5) is 16.8. The molecular formula is C22H28FN3O. The molecule has 1 aromatic carbocycles. The van der Waals surface area contributed by atoms with Crippen molar-refractivity contribution in [1.82, 2.24) is 9.47 Å². The Labute approximate surface area is 160 Å². The average molecular weight is 369 g/mol. The summed E-state index contributed by atoms with van der Waals surface area (Å²) < 4.78 is 15.3. The second-order valence-electron chi connectivity index (χ2n) is 7.66. The highest BCUT2D eigenvalue weighted by Crippen LogP contribution is 2.23. The number of rotatable bonds is 6. The Morgan fingerprint density at radius 2 is 1.63 bits per heavy atom. The monoisotopic (exact) mass is 369 g/mol. The van der Waals surface area contributed by atoms with Crippen molar-refractivity contribution in [2.45, 2.75) is 38.6 Å². The minimum Gasteiger partial charge on any atom is -0.369 e. The second kappa shape index (κ2) is 8.26. The molecule has 0 radical (unpaired) electrons. The molecule has 1 aliphatic carbocycles. The number of hydrogen-bond donors (Lipinski definition) is 0. The number of unbranched alkanes of at least 4 members (excludes halogenated alkanes) is 1. The Morgan fingerprint density at radius 3 is 2.41 bits per heavy atom. The van der Waals surface area contributed by atoms with Crippen LogP contribution in [0, 0.1) is 5.82 Å². The second-order valence-corrected chi connectivity index (χ2v) is 7.66. The van der Waals surface area contributed by atoms with E-state index in [4.69, 9.17) is 0 Å². The van der Waals surface area contributed by atoms with Crippen LogP contribution in [0.2, 0.25) is 0 Å². The zero-order valence-electron chi connectivity index (χ0n) is 15.9. The van der Waals surface area contributed by atoms with Crippen LogP contribution in [0.1, 0.15) is 41.7 Å². The number of halogens is 1. The molecule has 0 bridgehead atoms. The number of nitrogens with zero attached hydrogens (tertiary/aromatic N) is 3. The van der Waals surface area contributed by atoms with Crippen LogP contribution in [0.15, 0.2) is 36.5 Å². The van der Waals surface area contributed by atoms with E-state index in [-0.39, 0.29) is 5.82 Å². The molecule has 2 aromatic rings. The fourth-order valence-corrected chi connectivity index (χ4v) is 4.30. The maximum atomic E-state index is 13.1. The lowest BCUT2D eigenvalue weighted by atomic mass is 9.97. The number of hydrogen-bond acceptors (Lipinski definition) is 3. The van der Waals surface area contributed by atoms with E-state index >= 15 is 0 Å². The van der Waals surface area contributed by atoms with Gasteiger partial charge in [-0.3, -0.25) is 9.69 Å². The van der Waals surface area contributed by atoms with Crippen molar-refractivity contribution >= 4 is 11.5 Å². The predicted molar refractivity (Wildman–Crippen MR) is 106 cm³/mol. The van der Waals surface area contributed by atoms with Gasteiger partial charge in [0.25, 0.3) is 0 Å². The normalized spacial score (nSPS) is 18.0. The lowest BCUT2D eigenvalue weighted by Crippen LogP contribution is -2.46. The van der Waals surface area contributed by atoms with E-state index in [9.17, 15) is 9.18 Å². The van der Waals surface area contributed by atoms with Crippen LogP contribution in [-0.4, -0.2) is 48.0 Å². The first-order valence-electron chi connectivity index (χ1n) is 10.1. The fourth-order valence-electron chi connectivity index (χ4n) is 4.30. The van der Waals surface area contributed by atoms with Gasteiger partial charge in [-0.05, 0) is 62.6 Å². The van der Waals surface area contributed by atoms with Gasteiger partial charge in [0.05, 0.1) is 0 Å². The van der Waals surface area contributed by atoms with Crippen LogP contribution in [0.4, 0.5) is 10.1 Å². The minimum absolute atomic E-state index is 0.175. The van der Waals surface area contributed by atoms with Crippen LogP contribution in [-0.2, 0) is 13.0 Å². The molecule has 1 aromatic heterocycles. The fraction of sp³-hybridized carbons (Fsp3) is 0.500. The molecule has 2 aliphatic rings. The summed E-state index contributed by atoms with van der Waals surface area (Å²) in [7, 11) is 0. The molecule has 0 unspecified atom stereocenters. The Hall–Kier alpha value is -2.14. The standard InChI is InChI=1S/C22H28FN3O/c23-18-6-8-19(9-7-18)25-16-14-24(15-17-25)11-1-2-12-26-13-10-20-21(26)4-3-5-22(20)27/h6-10,13H,1-5,11-12,14-17H2. The first kappa shape index (κ1) is 18.2. The Kier molecular flexibility index (Phi) is 5.58. The molecule has 0 spiro atoms. The number of carbonyl (C=O) groups is 1. The van der Waals surface area contributed by atoms with Crippen molar-refractivity contribution in [3.63, 3.8) is 0 Å². The maximum Gasteiger partial charge on any atom is 0.164 e. The van der Waals surface area contributed by atoms with E-state index in [2.05, 4.69) is 20.6 Å². The predicted octanol–water partition coefficient (Wildman–Crippen LogP) is 3.75. The smallest absolute Gasteiger partial charge is 0.164 e. The molecule has 4 nitrogen and oxygen atoms in total. The van der Waals surface area contributed by atoms with E-state index in [0.717, 1.165) is 69.8 Å². The Bertz CT molecular complexity index is 775. The summed E-state index contributed by atoms with van der Waals surface area (Å²) >= 11 is 0. The number of fused-ring (bicyclic) bond motifs is 1. The zero-order valence-corrected chi connectivity index (χ0v) is 15.9. The van der Waals surface area contributed by atoms with Gasteiger partial charge in [0.1, 0.15) is 5.82 Å². The van der Waals surface area contributed by atoms with Crippen LogP contribution < -0.4 is 4.90 Å². The average Bonchev–Trinajstić information content (AvgIpc) is 3.11. The lowest BCUT2D eigenvalue weighted by Gasteiger charge is -2.36. The van der Waals surface area contributed by atoms with Gasteiger partial charge < -0.3 is 9.47 Å². The lowest BCUT2D eigenvalue weighted by molar-refractivity contribution is 0.0971. The van der Waals surface area contributed by atoms with Crippen LogP contribution in [0.25, 0.3) is 0 Å². The van der Waals surface area contributed by atoms with Crippen molar-refractivity contribution in [3.8, 4) is 0 Å². The molecule has 0 saturated carbocycles. The number of piperazine rings is 1. The van der Waals surface area contributed by atoms with E-state index in [0.29, 0.717) is 12.2 Å². The number of Topliss-reactive ketones (excluding diaryl/α,β-unsaturated/α-hetero) is 1. The Balaban J connectivity index is 1.19. The third kappa shape index (κ3) is 4.24. The Morgan fingerprint density at radius 1 is 0.889 bits per heavy atom. The third-order valence-electron chi connectivity index (χ3n) is 5.88. The first-order valence-corrected chi connectivity index (χ1v) is 10.1. The van der Waals surface area contributed by atoms with Crippen molar-refractivity contribution in [2.75, 3.05) is 37.6 Å². The molecule has 27 heavy (non-hydrogen) atoms. The van der Waals surface area contributed by atoms with Gasteiger partial charge in [-0.15, -0.1) is 0 Å². The number of benzene rings is 1. The van der Waals surface area contributed by atoms with Crippen LogP contribution >= 0.6 is 0 Å². The molecule has 1 aliphatic heterocycles. The molecule has 0 N–H and O–H groups in total. The van der Waals surface area contributed by atoms with Gasteiger partial charge in [-0.1, -0.05) is 0 Å². The number of aromatic nitrogens is 1. The molecular weight excluding hydrogens is 341 g/mol. The third-order valence-corrected chi connectivity index (χ3v) is 5.88. The molecule has 1 fully saturated rings. The van der Waals surface area contributed by atoms with Crippen molar-refractivity contribution in [3.05, 3.63) is 53.6 Å². The van der Waals surface area contributed by atoms with Crippen LogP contribution in [0.5, 0.6) is 0 Å². The van der Waals surface area contributed by atoms with Gasteiger partial charge in [0, 0.05) is 62.3 Å². The van der Waals surface area contributed by atoms with Crippen molar-refractivity contribution in [1.29, 1.82) is 0 Å². The highest BCUT2D eigenvalue weighted by atomic mass is 19.1. The summed E-state index contributed by atoms with van der Waals surface area (Å²) in [6.45, 7) is 6.26. The highest BCUT2D eigenvalue weighted by Gasteiger charge is 2.20. The van der Waals surface area contributed by atoms with E-state index in [1.165, 1.54) is 24.2 Å².